The van der Waals surface area contributed by atoms with Crippen molar-refractivity contribution < 1.29 is 9.21 Å². The third kappa shape index (κ3) is 2.82. The minimum Gasteiger partial charge on any atom is -0.406 e. The molecule has 3 N–H and O–H groups in total. The Bertz CT molecular complexity index is 417. The molecule has 0 saturated heterocycles. The summed E-state index contributed by atoms with van der Waals surface area (Å²) in [6.45, 7) is 5.97. The Morgan fingerprint density at radius 3 is 2.65 bits per heavy atom. The van der Waals surface area contributed by atoms with Gasteiger partial charge in [0.05, 0.1) is 6.04 Å². The number of nitrogens with zero attached hydrogens (tertiary/aromatic N) is 2. The lowest BCUT2D eigenvalue weighted by Crippen LogP contribution is -2.26. The summed E-state index contributed by atoms with van der Waals surface area (Å²) in [4.78, 5) is 11.5. The van der Waals surface area contributed by atoms with Crippen molar-refractivity contribution >= 4 is 11.9 Å². The van der Waals surface area contributed by atoms with Crippen molar-refractivity contribution in [3.8, 4) is 0 Å². The molecule has 6 heteroatoms. The average molecular weight is 238 g/mol. The molecule has 17 heavy (non-hydrogen) atoms. The Labute approximate surface area is 100.0 Å². The van der Waals surface area contributed by atoms with E-state index in [2.05, 4.69) is 15.5 Å². The van der Waals surface area contributed by atoms with Crippen molar-refractivity contribution in [2.75, 3.05) is 5.32 Å². The number of carbonyl (C=O) groups excluding carboxylic acids is 1. The van der Waals surface area contributed by atoms with Gasteiger partial charge >= 0.3 is 6.01 Å². The highest BCUT2D eigenvalue weighted by Crippen LogP contribution is 2.32. The molecule has 1 aliphatic rings. The van der Waals surface area contributed by atoms with E-state index in [1.807, 2.05) is 20.8 Å². The van der Waals surface area contributed by atoms with Gasteiger partial charge in [0.1, 0.15) is 0 Å². The first-order valence-corrected chi connectivity index (χ1v) is 5.78. The second kappa shape index (κ2) is 4.10. The number of anilines is 1. The highest BCUT2D eigenvalue weighted by molar-refractivity contribution is 5.92. The number of hydrogen-bond acceptors (Lipinski definition) is 5. The van der Waals surface area contributed by atoms with Crippen LogP contribution < -0.4 is 11.1 Å². The molecule has 6 nitrogen and oxygen atoms in total. The van der Waals surface area contributed by atoms with Gasteiger partial charge in [0.25, 0.3) is 0 Å². The van der Waals surface area contributed by atoms with Crippen LogP contribution in [0.25, 0.3) is 0 Å². The van der Waals surface area contributed by atoms with Gasteiger partial charge in [-0.15, -0.1) is 5.10 Å². The van der Waals surface area contributed by atoms with Crippen LogP contribution in [0.15, 0.2) is 4.42 Å². The molecule has 1 aromatic heterocycles. The van der Waals surface area contributed by atoms with Crippen molar-refractivity contribution in [3.63, 3.8) is 0 Å². The number of amides is 1. The highest BCUT2D eigenvalue weighted by atomic mass is 16.4. The summed E-state index contributed by atoms with van der Waals surface area (Å²) in [5.74, 6) is 0.412. The van der Waals surface area contributed by atoms with E-state index in [4.69, 9.17) is 10.2 Å². The minimum atomic E-state index is -0.346. The van der Waals surface area contributed by atoms with Gasteiger partial charge in [0.2, 0.25) is 11.8 Å². The first-order chi connectivity index (χ1) is 7.88. The lowest BCUT2D eigenvalue weighted by Gasteiger charge is -2.23. The first-order valence-electron chi connectivity index (χ1n) is 5.78. The number of nitrogens with two attached hydrogens (primary N) is 1. The van der Waals surface area contributed by atoms with Gasteiger partial charge in [0.15, 0.2) is 0 Å². The molecule has 0 aromatic carbocycles. The molecule has 0 aliphatic heterocycles. The first kappa shape index (κ1) is 12.0. The molecule has 1 amide bonds. The molecule has 0 unspecified atom stereocenters. The third-order valence-corrected chi connectivity index (χ3v) is 2.82. The fourth-order valence-corrected chi connectivity index (χ4v) is 1.33. The Morgan fingerprint density at radius 1 is 1.47 bits per heavy atom. The molecule has 0 bridgehead atoms. The zero-order valence-corrected chi connectivity index (χ0v) is 10.4. The van der Waals surface area contributed by atoms with Crippen LogP contribution in [0.5, 0.6) is 0 Å². The van der Waals surface area contributed by atoms with Crippen LogP contribution in [0.4, 0.5) is 6.01 Å². The van der Waals surface area contributed by atoms with E-state index in [0.29, 0.717) is 5.89 Å². The van der Waals surface area contributed by atoms with Crippen LogP contribution in [0.2, 0.25) is 0 Å². The zero-order valence-electron chi connectivity index (χ0n) is 10.4. The fourth-order valence-electron chi connectivity index (χ4n) is 1.33. The van der Waals surface area contributed by atoms with Gasteiger partial charge in [-0.25, -0.2) is 0 Å². The van der Waals surface area contributed by atoms with Crippen LogP contribution in [-0.4, -0.2) is 16.1 Å². The lowest BCUT2D eigenvalue weighted by atomic mass is 9.87. The molecule has 1 aliphatic carbocycles. The third-order valence-electron chi connectivity index (χ3n) is 2.82. The summed E-state index contributed by atoms with van der Waals surface area (Å²) in [7, 11) is 0. The van der Waals surface area contributed by atoms with Crippen molar-refractivity contribution in [2.45, 2.75) is 39.7 Å². The zero-order chi connectivity index (χ0) is 12.6. The van der Waals surface area contributed by atoms with Crippen LogP contribution in [0.1, 0.15) is 45.5 Å². The maximum atomic E-state index is 11.5. The Morgan fingerprint density at radius 2 is 2.12 bits per heavy atom. The van der Waals surface area contributed by atoms with Crippen molar-refractivity contribution in [2.24, 2.45) is 17.1 Å². The monoisotopic (exact) mass is 238 g/mol. The van der Waals surface area contributed by atoms with Gasteiger partial charge in [0, 0.05) is 5.92 Å². The molecule has 1 atom stereocenters. The molecule has 0 radical (unpaired) electrons. The topological polar surface area (TPSA) is 94.0 Å². The van der Waals surface area contributed by atoms with Crippen molar-refractivity contribution in [1.82, 2.24) is 10.2 Å². The maximum Gasteiger partial charge on any atom is 0.322 e. The Hall–Kier alpha value is -1.43. The van der Waals surface area contributed by atoms with E-state index in [0.717, 1.165) is 12.8 Å². The van der Waals surface area contributed by atoms with E-state index < -0.39 is 0 Å². The van der Waals surface area contributed by atoms with Gasteiger partial charge < -0.3 is 10.2 Å². The number of nitrogens with one attached hydrogen (secondary N) is 1. The summed E-state index contributed by atoms with van der Waals surface area (Å²) >= 11 is 0. The number of rotatable bonds is 3. The quantitative estimate of drug-likeness (QED) is 0.831. The molecule has 0 spiro atoms. The van der Waals surface area contributed by atoms with E-state index in [9.17, 15) is 4.79 Å². The van der Waals surface area contributed by atoms with Crippen LogP contribution in [-0.2, 0) is 4.79 Å². The maximum absolute atomic E-state index is 11.5. The van der Waals surface area contributed by atoms with E-state index in [1.54, 1.807) is 0 Å². The average Bonchev–Trinajstić information content (AvgIpc) is 2.98. The largest absolute Gasteiger partial charge is 0.406 e. The molecular weight excluding hydrogens is 220 g/mol. The molecule has 1 heterocycles. The molecule has 2 rings (SSSR count). The van der Waals surface area contributed by atoms with Gasteiger partial charge in [-0.2, -0.15) is 0 Å². The fraction of sp³-hybridized carbons (Fsp3) is 0.727. The predicted octanol–water partition coefficient (Wildman–Crippen LogP) is 1.46. The van der Waals surface area contributed by atoms with Crippen molar-refractivity contribution in [3.05, 3.63) is 5.89 Å². The highest BCUT2D eigenvalue weighted by Gasteiger charge is 2.31. The molecule has 1 fully saturated rings. The number of carbonyl (C=O) groups is 1. The summed E-state index contributed by atoms with van der Waals surface area (Å²) in [5, 5.41) is 10.2. The second-order valence-electron chi connectivity index (χ2n) is 5.55. The number of aromatic nitrogens is 2. The lowest BCUT2D eigenvalue weighted by molar-refractivity contribution is -0.117. The molecule has 1 aromatic rings. The van der Waals surface area contributed by atoms with Gasteiger partial charge in [-0.05, 0) is 18.3 Å². The van der Waals surface area contributed by atoms with Crippen LogP contribution >= 0.6 is 0 Å². The van der Waals surface area contributed by atoms with E-state index in [1.165, 1.54) is 0 Å². The number of hydrogen-bond donors (Lipinski definition) is 2. The summed E-state index contributed by atoms with van der Waals surface area (Å²) < 4.78 is 5.34. The smallest absolute Gasteiger partial charge is 0.322 e. The standard InChI is InChI=1S/C11H18N4O2/c1-11(2,3)7(12)9-14-15-10(17-9)13-8(16)6-4-5-6/h6-7H,4-5,12H2,1-3H3,(H,13,15,16)/t7-/m1/s1. The Balaban J connectivity index is 2.02. The molecule has 1 saturated carbocycles. The second-order valence-corrected chi connectivity index (χ2v) is 5.55. The normalized spacial score (nSPS) is 17.9. The van der Waals surface area contributed by atoms with Crippen LogP contribution in [0.3, 0.4) is 0 Å². The Kier molecular flexibility index (Phi) is 2.91. The van der Waals surface area contributed by atoms with Crippen molar-refractivity contribution in [1.29, 1.82) is 0 Å². The van der Waals surface area contributed by atoms with E-state index >= 15 is 0 Å². The summed E-state index contributed by atoms with van der Waals surface area (Å²) in [5.41, 5.74) is 5.82. The van der Waals surface area contributed by atoms with Crippen LogP contribution in [0, 0.1) is 11.3 Å². The summed E-state index contributed by atoms with van der Waals surface area (Å²) in [6, 6.07) is -0.210. The SMILES string of the molecule is CC(C)(C)[C@H](N)c1nnc(NC(=O)C2CC2)o1. The van der Waals surface area contributed by atoms with Gasteiger partial charge in [-0.3, -0.25) is 10.1 Å². The van der Waals surface area contributed by atoms with E-state index in [-0.39, 0.29) is 29.3 Å². The summed E-state index contributed by atoms with van der Waals surface area (Å²) in [6.07, 6.45) is 1.88. The van der Waals surface area contributed by atoms with Gasteiger partial charge in [-0.1, -0.05) is 25.9 Å². The predicted molar refractivity (Wildman–Crippen MR) is 62.0 cm³/mol. The molecule has 94 valence electrons. The minimum absolute atomic E-state index is 0.0514. The molecular formula is C11H18N4O2.